The summed E-state index contributed by atoms with van der Waals surface area (Å²) in [7, 11) is 0. The van der Waals surface area contributed by atoms with Crippen LogP contribution in [0.4, 0.5) is 0 Å². The van der Waals surface area contributed by atoms with Crippen molar-refractivity contribution in [2.45, 2.75) is 57.1 Å². The fourth-order valence-electron chi connectivity index (χ4n) is 1.48. The third-order valence-corrected chi connectivity index (χ3v) is 3.63. The van der Waals surface area contributed by atoms with Gasteiger partial charge in [0.05, 0.1) is 5.25 Å². The SMILES string of the molecule is CCCCC#CC1CCCCCS1. The van der Waals surface area contributed by atoms with Gasteiger partial charge in [-0.05, 0) is 25.0 Å². The lowest BCUT2D eigenvalue weighted by Crippen LogP contribution is -1.96. The molecule has 0 nitrogen and oxygen atoms in total. The van der Waals surface area contributed by atoms with Gasteiger partial charge in [0.1, 0.15) is 0 Å². The highest BCUT2D eigenvalue weighted by molar-refractivity contribution is 8.00. The Hall–Kier alpha value is -0.0900. The van der Waals surface area contributed by atoms with Crippen molar-refractivity contribution in [3.8, 4) is 11.8 Å². The van der Waals surface area contributed by atoms with Gasteiger partial charge in [0.25, 0.3) is 0 Å². The van der Waals surface area contributed by atoms with Gasteiger partial charge >= 0.3 is 0 Å². The molecule has 1 saturated heterocycles. The van der Waals surface area contributed by atoms with E-state index in [-0.39, 0.29) is 0 Å². The van der Waals surface area contributed by atoms with Crippen molar-refractivity contribution in [3.63, 3.8) is 0 Å². The summed E-state index contributed by atoms with van der Waals surface area (Å²) in [4.78, 5) is 0. The molecular weight excluding hydrogens is 176 g/mol. The molecule has 0 aromatic rings. The molecule has 0 N–H and O–H groups in total. The first-order valence-electron chi connectivity index (χ1n) is 5.53. The van der Waals surface area contributed by atoms with E-state index in [0.717, 1.165) is 6.42 Å². The molecule has 0 saturated carbocycles. The molecule has 1 rings (SSSR count). The van der Waals surface area contributed by atoms with Gasteiger partial charge in [-0.3, -0.25) is 0 Å². The van der Waals surface area contributed by atoms with Crippen LogP contribution in [-0.2, 0) is 0 Å². The third kappa shape index (κ3) is 5.26. The Balaban J connectivity index is 2.19. The predicted octanol–water partition coefficient (Wildman–Crippen LogP) is 3.86. The highest BCUT2D eigenvalue weighted by Crippen LogP contribution is 2.23. The minimum absolute atomic E-state index is 0.652. The topological polar surface area (TPSA) is 0 Å². The maximum absolute atomic E-state index is 3.41. The molecule has 0 aliphatic carbocycles. The summed E-state index contributed by atoms with van der Waals surface area (Å²) in [6.07, 6.45) is 9.17. The summed E-state index contributed by atoms with van der Waals surface area (Å²) in [5, 5.41) is 0.652. The summed E-state index contributed by atoms with van der Waals surface area (Å²) < 4.78 is 0. The van der Waals surface area contributed by atoms with Crippen LogP contribution in [0, 0.1) is 11.8 Å². The van der Waals surface area contributed by atoms with Gasteiger partial charge in [-0.15, -0.1) is 17.7 Å². The quantitative estimate of drug-likeness (QED) is 0.477. The van der Waals surface area contributed by atoms with E-state index in [1.54, 1.807) is 0 Å². The zero-order valence-electron chi connectivity index (χ0n) is 8.64. The minimum Gasteiger partial charge on any atom is -0.145 e. The highest BCUT2D eigenvalue weighted by atomic mass is 32.2. The lowest BCUT2D eigenvalue weighted by molar-refractivity contribution is 0.706. The van der Waals surface area contributed by atoms with Crippen LogP contribution in [0.3, 0.4) is 0 Å². The Morgan fingerprint density at radius 3 is 3.08 bits per heavy atom. The summed E-state index contributed by atoms with van der Waals surface area (Å²) in [6.45, 7) is 2.22. The molecule has 0 bridgehead atoms. The molecule has 13 heavy (non-hydrogen) atoms. The Labute approximate surface area is 86.9 Å². The van der Waals surface area contributed by atoms with Crippen molar-refractivity contribution in [3.05, 3.63) is 0 Å². The first kappa shape index (κ1) is 11.0. The number of hydrogen-bond acceptors (Lipinski definition) is 1. The van der Waals surface area contributed by atoms with Gasteiger partial charge in [-0.2, -0.15) is 0 Å². The molecule has 1 atom stereocenters. The minimum atomic E-state index is 0.652. The van der Waals surface area contributed by atoms with Crippen molar-refractivity contribution >= 4 is 11.8 Å². The largest absolute Gasteiger partial charge is 0.145 e. The van der Waals surface area contributed by atoms with Gasteiger partial charge in [0.15, 0.2) is 0 Å². The fourth-order valence-corrected chi connectivity index (χ4v) is 2.64. The van der Waals surface area contributed by atoms with Crippen LogP contribution in [-0.4, -0.2) is 11.0 Å². The van der Waals surface area contributed by atoms with Crippen LogP contribution < -0.4 is 0 Å². The maximum atomic E-state index is 3.41. The normalized spacial score (nSPS) is 23.0. The zero-order valence-corrected chi connectivity index (χ0v) is 9.46. The monoisotopic (exact) mass is 196 g/mol. The number of thioether (sulfide) groups is 1. The Morgan fingerprint density at radius 2 is 2.23 bits per heavy atom. The summed E-state index contributed by atoms with van der Waals surface area (Å²) in [5.41, 5.74) is 0. The molecule has 74 valence electrons. The highest BCUT2D eigenvalue weighted by Gasteiger charge is 2.08. The molecular formula is C12H20S. The molecule has 1 unspecified atom stereocenters. The number of hydrogen-bond donors (Lipinski definition) is 0. The molecule has 0 spiro atoms. The average Bonchev–Trinajstić information content (AvgIpc) is 2.41. The van der Waals surface area contributed by atoms with Crippen LogP contribution in [0.15, 0.2) is 0 Å². The third-order valence-electron chi connectivity index (χ3n) is 2.35. The van der Waals surface area contributed by atoms with Crippen LogP contribution >= 0.6 is 11.8 Å². The fraction of sp³-hybridized carbons (Fsp3) is 0.833. The van der Waals surface area contributed by atoms with Crippen molar-refractivity contribution in [2.75, 3.05) is 5.75 Å². The average molecular weight is 196 g/mol. The summed E-state index contributed by atoms with van der Waals surface area (Å²) >= 11 is 2.07. The second kappa shape index (κ2) is 7.33. The maximum Gasteiger partial charge on any atom is 0.0657 e. The second-order valence-corrected chi connectivity index (χ2v) is 4.94. The first-order valence-corrected chi connectivity index (χ1v) is 6.58. The van der Waals surface area contributed by atoms with Gasteiger partial charge in [0.2, 0.25) is 0 Å². The van der Waals surface area contributed by atoms with E-state index in [4.69, 9.17) is 0 Å². The molecule has 1 aliphatic heterocycles. The summed E-state index contributed by atoms with van der Waals surface area (Å²) in [5.74, 6) is 8.05. The molecule has 1 fully saturated rings. The van der Waals surface area contributed by atoms with Gasteiger partial charge < -0.3 is 0 Å². The van der Waals surface area contributed by atoms with Crippen LogP contribution in [0.2, 0.25) is 0 Å². The molecule has 0 amide bonds. The summed E-state index contributed by atoms with van der Waals surface area (Å²) in [6, 6.07) is 0. The lowest BCUT2D eigenvalue weighted by atomic mass is 10.1. The Morgan fingerprint density at radius 1 is 1.31 bits per heavy atom. The molecule has 1 heterocycles. The second-order valence-electron chi connectivity index (χ2n) is 3.63. The lowest BCUT2D eigenvalue weighted by Gasteiger charge is -2.03. The van der Waals surface area contributed by atoms with Gasteiger partial charge in [-0.25, -0.2) is 0 Å². The van der Waals surface area contributed by atoms with Crippen LogP contribution in [0.25, 0.3) is 0 Å². The Kier molecular flexibility index (Phi) is 6.19. The van der Waals surface area contributed by atoms with Gasteiger partial charge in [-0.1, -0.05) is 32.1 Å². The number of unbranched alkanes of at least 4 members (excludes halogenated alkanes) is 2. The first-order chi connectivity index (χ1) is 6.43. The van der Waals surface area contributed by atoms with Gasteiger partial charge in [0, 0.05) is 6.42 Å². The van der Waals surface area contributed by atoms with Crippen molar-refractivity contribution < 1.29 is 0 Å². The van der Waals surface area contributed by atoms with E-state index in [0.29, 0.717) is 5.25 Å². The molecule has 0 aromatic heterocycles. The van der Waals surface area contributed by atoms with Crippen LogP contribution in [0.1, 0.15) is 51.9 Å². The smallest absolute Gasteiger partial charge is 0.0657 e. The predicted molar refractivity (Wildman–Crippen MR) is 62.0 cm³/mol. The van der Waals surface area contributed by atoms with Crippen molar-refractivity contribution in [1.82, 2.24) is 0 Å². The van der Waals surface area contributed by atoms with E-state index in [1.807, 2.05) is 0 Å². The van der Waals surface area contributed by atoms with E-state index >= 15 is 0 Å². The molecule has 0 aromatic carbocycles. The van der Waals surface area contributed by atoms with Crippen LogP contribution in [0.5, 0.6) is 0 Å². The van der Waals surface area contributed by atoms with E-state index < -0.39 is 0 Å². The van der Waals surface area contributed by atoms with E-state index in [2.05, 4.69) is 30.5 Å². The zero-order chi connectivity index (χ0) is 9.36. The Bertz CT molecular complexity index is 167. The molecule has 1 heteroatoms. The number of rotatable bonds is 2. The van der Waals surface area contributed by atoms with Crippen molar-refractivity contribution in [1.29, 1.82) is 0 Å². The molecule has 0 radical (unpaired) electrons. The van der Waals surface area contributed by atoms with E-state index in [1.165, 1.54) is 44.3 Å². The van der Waals surface area contributed by atoms with E-state index in [9.17, 15) is 0 Å². The van der Waals surface area contributed by atoms with Crippen molar-refractivity contribution in [2.24, 2.45) is 0 Å². The molecule has 1 aliphatic rings. The standard InChI is InChI=1S/C12H20S/c1-2-3-4-6-9-12-10-7-5-8-11-13-12/h12H,2-5,7-8,10-11H2,1H3.